The van der Waals surface area contributed by atoms with Crippen LogP contribution in [0.15, 0.2) is 18.5 Å². The molecule has 1 atom stereocenters. The molecule has 2 rings (SSSR count). The Morgan fingerprint density at radius 3 is 2.68 bits per heavy atom. The molecular weight excluding hydrogens is 250 g/mol. The summed E-state index contributed by atoms with van der Waals surface area (Å²) >= 11 is 0. The smallest absolute Gasteiger partial charge is 0.138 e. The summed E-state index contributed by atoms with van der Waals surface area (Å²) in [5, 5.41) is 6.88. The summed E-state index contributed by atoms with van der Waals surface area (Å²) in [5.74, 6) is -0.397. The summed E-state index contributed by atoms with van der Waals surface area (Å²) in [4.78, 5) is 4.08. The lowest BCUT2D eigenvalue weighted by Gasteiger charge is -2.18. The van der Waals surface area contributed by atoms with Crippen LogP contribution in [0.5, 0.6) is 0 Å². The molecule has 1 unspecified atom stereocenters. The van der Waals surface area contributed by atoms with Crippen molar-refractivity contribution in [3.05, 3.63) is 47.0 Å². The molecule has 0 spiro atoms. The lowest BCUT2D eigenvalue weighted by atomic mass is 9.99. The van der Waals surface area contributed by atoms with Gasteiger partial charge in [0.05, 0.1) is 0 Å². The highest BCUT2D eigenvalue weighted by Gasteiger charge is 2.22. The van der Waals surface area contributed by atoms with Crippen molar-refractivity contribution in [2.45, 2.75) is 19.4 Å². The number of rotatable bonds is 4. The first-order chi connectivity index (χ1) is 9.04. The Kier molecular flexibility index (Phi) is 3.90. The van der Waals surface area contributed by atoms with Crippen LogP contribution in [-0.2, 0) is 13.5 Å². The Morgan fingerprint density at radius 2 is 2.11 bits per heavy atom. The SMILES string of the molecule is CNC(Cc1ncnn1C)c1c(F)ccc(C)c1F. The van der Waals surface area contributed by atoms with Crippen molar-refractivity contribution in [2.75, 3.05) is 7.05 Å². The molecule has 0 saturated heterocycles. The van der Waals surface area contributed by atoms with E-state index in [1.165, 1.54) is 18.5 Å². The first-order valence-electron chi connectivity index (χ1n) is 5.99. The number of likely N-dealkylation sites (N-methyl/N-ethyl adjacent to an activating group) is 1. The molecule has 1 N–H and O–H groups in total. The Morgan fingerprint density at radius 1 is 1.37 bits per heavy atom. The van der Waals surface area contributed by atoms with Gasteiger partial charge in [-0.2, -0.15) is 5.10 Å². The van der Waals surface area contributed by atoms with Crippen molar-refractivity contribution in [2.24, 2.45) is 7.05 Å². The van der Waals surface area contributed by atoms with Crippen molar-refractivity contribution < 1.29 is 8.78 Å². The Bertz CT molecular complexity index is 580. The van der Waals surface area contributed by atoms with Crippen LogP contribution in [0.1, 0.15) is 23.0 Å². The lowest BCUT2D eigenvalue weighted by Crippen LogP contribution is -2.23. The number of hydrogen-bond donors (Lipinski definition) is 1. The third-order valence-corrected chi connectivity index (χ3v) is 3.21. The van der Waals surface area contributed by atoms with Crippen LogP contribution in [0.4, 0.5) is 8.78 Å². The Labute approximate surface area is 110 Å². The number of hydrogen-bond acceptors (Lipinski definition) is 3. The zero-order valence-electron chi connectivity index (χ0n) is 11.1. The Hall–Kier alpha value is -1.82. The van der Waals surface area contributed by atoms with E-state index in [2.05, 4.69) is 15.4 Å². The van der Waals surface area contributed by atoms with Crippen LogP contribution >= 0.6 is 0 Å². The molecule has 4 nitrogen and oxygen atoms in total. The fourth-order valence-electron chi connectivity index (χ4n) is 2.03. The number of aromatic nitrogens is 3. The van der Waals surface area contributed by atoms with Crippen molar-refractivity contribution in [3.63, 3.8) is 0 Å². The molecule has 19 heavy (non-hydrogen) atoms. The molecule has 0 bridgehead atoms. The second-order valence-corrected chi connectivity index (χ2v) is 4.44. The maximum Gasteiger partial charge on any atom is 0.138 e. The van der Waals surface area contributed by atoms with Crippen molar-refractivity contribution >= 4 is 0 Å². The molecule has 2 aromatic rings. The fourth-order valence-corrected chi connectivity index (χ4v) is 2.03. The standard InChI is InChI=1S/C13H16F2N4/c1-8-4-5-9(14)12(13(8)15)10(16-2)6-11-17-7-18-19(11)3/h4-5,7,10,16H,6H2,1-3H3. The molecule has 0 aliphatic heterocycles. The summed E-state index contributed by atoms with van der Waals surface area (Å²) in [6.07, 6.45) is 1.79. The minimum absolute atomic E-state index is 0.0468. The first kappa shape index (κ1) is 13.6. The summed E-state index contributed by atoms with van der Waals surface area (Å²) < 4.78 is 29.6. The van der Waals surface area contributed by atoms with Crippen molar-refractivity contribution in [1.82, 2.24) is 20.1 Å². The molecule has 0 amide bonds. The van der Waals surface area contributed by atoms with E-state index < -0.39 is 17.7 Å². The third kappa shape index (κ3) is 2.63. The van der Waals surface area contributed by atoms with Gasteiger partial charge in [0.2, 0.25) is 0 Å². The van der Waals surface area contributed by atoms with Crippen molar-refractivity contribution in [1.29, 1.82) is 0 Å². The van der Waals surface area contributed by atoms with Crippen molar-refractivity contribution in [3.8, 4) is 0 Å². The molecule has 0 aliphatic rings. The monoisotopic (exact) mass is 266 g/mol. The number of benzene rings is 1. The molecule has 1 heterocycles. The van der Waals surface area contributed by atoms with Crippen LogP contribution in [0.3, 0.4) is 0 Å². The van der Waals surface area contributed by atoms with E-state index in [9.17, 15) is 8.78 Å². The van der Waals surface area contributed by atoms with E-state index in [1.54, 1.807) is 25.7 Å². The van der Waals surface area contributed by atoms with Gasteiger partial charge in [-0.15, -0.1) is 0 Å². The molecule has 1 aromatic heterocycles. The summed E-state index contributed by atoms with van der Waals surface area (Å²) in [5.41, 5.74) is 0.472. The number of aryl methyl sites for hydroxylation is 2. The summed E-state index contributed by atoms with van der Waals surface area (Å²) in [6, 6.07) is 2.24. The topological polar surface area (TPSA) is 42.7 Å². The molecular formula is C13H16F2N4. The highest BCUT2D eigenvalue weighted by Crippen LogP contribution is 2.25. The zero-order valence-corrected chi connectivity index (χ0v) is 11.1. The van der Waals surface area contributed by atoms with Gasteiger partial charge in [-0.25, -0.2) is 13.8 Å². The van der Waals surface area contributed by atoms with Gasteiger partial charge < -0.3 is 5.32 Å². The van der Waals surface area contributed by atoms with Gasteiger partial charge in [-0.3, -0.25) is 4.68 Å². The van der Waals surface area contributed by atoms with Crippen LogP contribution in [0, 0.1) is 18.6 Å². The normalized spacial score (nSPS) is 12.7. The van der Waals surface area contributed by atoms with Gasteiger partial charge in [0.25, 0.3) is 0 Å². The average molecular weight is 266 g/mol. The van der Waals surface area contributed by atoms with E-state index in [0.29, 0.717) is 17.8 Å². The fraction of sp³-hybridized carbons (Fsp3) is 0.385. The highest BCUT2D eigenvalue weighted by molar-refractivity contribution is 5.29. The lowest BCUT2D eigenvalue weighted by molar-refractivity contribution is 0.474. The van der Waals surface area contributed by atoms with E-state index >= 15 is 0 Å². The molecule has 1 aromatic carbocycles. The molecule has 0 aliphatic carbocycles. The van der Waals surface area contributed by atoms with E-state index in [4.69, 9.17) is 0 Å². The molecule has 0 fully saturated rings. The maximum absolute atomic E-state index is 14.1. The van der Waals surface area contributed by atoms with Crippen LogP contribution < -0.4 is 5.32 Å². The maximum atomic E-state index is 14.1. The van der Waals surface area contributed by atoms with E-state index in [0.717, 1.165) is 0 Å². The highest BCUT2D eigenvalue weighted by atomic mass is 19.1. The minimum atomic E-state index is -0.551. The van der Waals surface area contributed by atoms with Crippen LogP contribution in [-0.4, -0.2) is 21.8 Å². The second kappa shape index (κ2) is 5.44. The predicted octanol–water partition coefficient (Wildman–Crippen LogP) is 1.90. The number of halogens is 2. The summed E-state index contributed by atoms with van der Waals surface area (Å²) in [6.45, 7) is 1.62. The quantitative estimate of drug-likeness (QED) is 0.919. The van der Waals surface area contributed by atoms with E-state index in [-0.39, 0.29) is 5.56 Å². The van der Waals surface area contributed by atoms with Crippen LogP contribution in [0.25, 0.3) is 0 Å². The third-order valence-electron chi connectivity index (χ3n) is 3.21. The average Bonchev–Trinajstić information content (AvgIpc) is 2.78. The van der Waals surface area contributed by atoms with Gasteiger partial charge in [-0.1, -0.05) is 6.07 Å². The molecule has 6 heteroatoms. The molecule has 102 valence electrons. The molecule has 0 saturated carbocycles. The second-order valence-electron chi connectivity index (χ2n) is 4.44. The number of nitrogens with one attached hydrogen (secondary N) is 1. The largest absolute Gasteiger partial charge is 0.312 e. The van der Waals surface area contributed by atoms with Gasteiger partial charge in [0.15, 0.2) is 0 Å². The molecule has 0 radical (unpaired) electrons. The van der Waals surface area contributed by atoms with Gasteiger partial charge in [0, 0.05) is 25.1 Å². The summed E-state index contributed by atoms with van der Waals surface area (Å²) in [7, 11) is 3.42. The van der Waals surface area contributed by atoms with Gasteiger partial charge >= 0.3 is 0 Å². The number of nitrogens with zero attached hydrogens (tertiary/aromatic N) is 3. The van der Waals surface area contributed by atoms with Crippen LogP contribution in [0.2, 0.25) is 0 Å². The zero-order chi connectivity index (χ0) is 14.0. The first-order valence-corrected chi connectivity index (χ1v) is 5.99. The predicted molar refractivity (Wildman–Crippen MR) is 67.6 cm³/mol. The van der Waals surface area contributed by atoms with Gasteiger partial charge in [0.1, 0.15) is 23.8 Å². The minimum Gasteiger partial charge on any atom is -0.312 e. The van der Waals surface area contributed by atoms with Gasteiger partial charge in [-0.05, 0) is 25.6 Å². The Balaban J connectivity index is 2.38. The van der Waals surface area contributed by atoms with E-state index in [1.807, 2.05) is 0 Å².